The van der Waals surface area contributed by atoms with Crippen LogP contribution in [0.2, 0.25) is 0 Å². The van der Waals surface area contributed by atoms with Gasteiger partial charge in [-0.15, -0.1) is 29.6 Å². The largest absolute Gasteiger partial charge is 0.573 e. The topological polar surface area (TPSA) is 86.3 Å². The van der Waals surface area contributed by atoms with Crippen LogP contribution in [0.25, 0.3) is 22.8 Å². The van der Waals surface area contributed by atoms with Crippen LogP contribution in [0.5, 0.6) is 5.75 Å². The first-order valence-corrected chi connectivity index (χ1v) is 14.5. The molecule has 0 aliphatic heterocycles. The van der Waals surface area contributed by atoms with Crippen LogP contribution in [0.1, 0.15) is 49.6 Å². The summed E-state index contributed by atoms with van der Waals surface area (Å²) in [6.45, 7) is 7.72. The highest BCUT2D eigenvalue weighted by molar-refractivity contribution is 7.07. The van der Waals surface area contributed by atoms with Gasteiger partial charge in [0.15, 0.2) is 10.6 Å². The second kappa shape index (κ2) is 12.4. The third-order valence-corrected chi connectivity index (χ3v) is 7.71. The number of thiazole rings is 1. The van der Waals surface area contributed by atoms with Crippen LogP contribution < -0.4 is 14.9 Å². The molecule has 2 aromatic heterocycles. The van der Waals surface area contributed by atoms with Gasteiger partial charge in [-0.05, 0) is 73.4 Å². The van der Waals surface area contributed by atoms with Crippen molar-refractivity contribution in [3.8, 4) is 28.5 Å². The van der Waals surface area contributed by atoms with Crippen LogP contribution in [0.4, 0.5) is 22.4 Å². The first kappa shape index (κ1) is 30.7. The van der Waals surface area contributed by atoms with Crippen molar-refractivity contribution in [2.45, 2.75) is 46.0 Å². The van der Waals surface area contributed by atoms with Crippen LogP contribution in [-0.2, 0) is 0 Å². The van der Waals surface area contributed by atoms with Gasteiger partial charge in [-0.25, -0.2) is 18.9 Å². The van der Waals surface area contributed by atoms with Crippen molar-refractivity contribution in [2.24, 2.45) is 4.99 Å². The van der Waals surface area contributed by atoms with Crippen molar-refractivity contribution in [3.63, 3.8) is 0 Å². The van der Waals surface area contributed by atoms with E-state index in [1.807, 2.05) is 61.9 Å². The molecule has 0 bridgehead atoms. The second-order valence-electron chi connectivity index (χ2n) is 10.3. The Labute approximate surface area is 254 Å². The summed E-state index contributed by atoms with van der Waals surface area (Å²) in [5.41, 5.74) is 4.52. The van der Waals surface area contributed by atoms with E-state index in [4.69, 9.17) is 0 Å². The Balaban J connectivity index is 1.28. The molecule has 0 spiro atoms. The lowest BCUT2D eigenvalue weighted by Gasteiger charge is -2.15. The molecular formula is C31H28F4N6O2S. The first-order valence-electron chi connectivity index (χ1n) is 13.6. The predicted molar refractivity (Wildman–Crippen MR) is 158 cm³/mol. The number of hydrogen-bond donors (Lipinski definition) is 1. The first-order chi connectivity index (χ1) is 20.9. The van der Waals surface area contributed by atoms with E-state index in [1.165, 1.54) is 58.7 Å². The van der Waals surface area contributed by atoms with Crippen molar-refractivity contribution in [3.05, 3.63) is 106 Å². The standard InChI is InChI=1S/C31H28F4N6O2S/c1-18(2)26-15-23(32)9-14-27(26)41-19(3)16-44-30(41)38-29(42)37-20(4)21-5-7-22(8-6-21)28-36-17-40(39-28)24-10-12-25(13-11-24)43-31(33,34)35/h5-18,20H,1-4H3,(H,37,42). The van der Waals surface area contributed by atoms with Crippen molar-refractivity contribution in [2.75, 3.05) is 0 Å². The van der Waals surface area contributed by atoms with E-state index < -0.39 is 12.4 Å². The molecule has 5 aromatic rings. The monoisotopic (exact) mass is 624 g/mol. The Morgan fingerprint density at radius 2 is 1.73 bits per heavy atom. The lowest BCUT2D eigenvalue weighted by atomic mass is 10.0. The predicted octanol–water partition coefficient (Wildman–Crippen LogP) is 7.63. The van der Waals surface area contributed by atoms with Gasteiger partial charge in [-0.2, -0.15) is 4.99 Å². The number of hydrogen-bond acceptors (Lipinski definition) is 5. The fourth-order valence-corrected chi connectivity index (χ4v) is 5.45. The van der Waals surface area contributed by atoms with Gasteiger partial charge in [0.2, 0.25) is 0 Å². The Kier molecular flexibility index (Phi) is 8.68. The molecule has 2 amide bonds. The number of carbonyl (C=O) groups excluding carboxylic acids is 1. The minimum atomic E-state index is -4.77. The number of ether oxygens (including phenoxy) is 1. The number of alkyl halides is 3. The van der Waals surface area contributed by atoms with Gasteiger partial charge in [-0.3, -0.25) is 4.57 Å². The maximum Gasteiger partial charge on any atom is 0.573 e. The highest BCUT2D eigenvalue weighted by Crippen LogP contribution is 2.26. The van der Waals surface area contributed by atoms with Crippen molar-refractivity contribution >= 4 is 17.4 Å². The minimum Gasteiger partial charge on any atom is -0.406 e. The van der Waals surface area contributed by atoms with Crippen LogP contribution >= 0.6 is 11.3 Å². The summed E-state index contributed by atoms with van der Waals surface area (Å²) in [6.07, 6.45) is -3.31. The van der Waals surface area contributed by atoms with Crippen molar-refractivity contribution < 1.29 is 27.1 Å². The lowest BCUT2D eigenvalue weighted by Crippen LogP contribution is -2.27. The maximum atomic E-state index is 14.0. The number of benzene rings is 3. The van der Waals surface area contributed by atoms with Crippen LogP contribution in [0.15, 0.2) is 83.4 Å². The highest BCUT2D eigenvalue weighted by atomic mass is 32.1. The highest BCUT2D eigenvalue weighted by Gasteiger charge is 2.31. The quantitative estimate of drug-likeness (QED) is 0.189. The van der Waals surface area contributed by atoms with Gasteiger partial charge in [-0.1, -0.05) is 38.1 Å². The van der Waals surface area contributed by atoms with Crippen molar-refractivity contribution in [1.29, 1.82) is 0 Å². The summed E-state index contributed by atoms with van der Waals surface area (Å²) in [4.78, 5) is 22.0. The molecule has 0 saturated carbocycles. The molecule has 228 valence electrons. The van der Waals surface area contributed by atoms with E-state index in [-0.39, 0.29) is 23.5 Å². The van der Waals surface area contributed by atoms with E-state index in [0.717, 1.165) is 22.5 Å². The second-order valence-corrected chi connectivity index (χ2v) is 11.1. The van der Waals surface area contributed by atoms with E-state index in [0.29, 0.717) is 21.9 Å². The Hall–Kier alpha value is -4.78. The fourth-order valence-electron chi connectivity index (χ4n) is 4.58. The third-order valence-electron chi connectivity index (χ3n) is 6.76. The Bertz CT molecular complexity index is 1840. The molecule has 1 unspecified atom stereocenters. The number of carbonyl (C=O) groups is 1. The Morgan fingerprint density at radius 1 is 1.02 bits per heavy atom. The molecule has 8 nitrogen and oxygen atoms in total. The summed E-state index contributed by atoms with van der Waals surface area (Å²) in [7, 11) is 0. The van der Waals surface area contributed by atoms with Crippen molar-refractivity contribution in [1.82, 2.24) is 24.6 Å². The molecule has 0 aliphatic rings. The average Bonchev–Trinajstić information content (AvgIpc) is 3.60. The number of halogens is 4. The number of nitrogens with zero attached hydrogens (tertiary/aromatic N) is 5. The normalized spacial score (nSPS) is 12.9. The van der Waals surface area contributed by atoms with Gasteiger partial charge in [0.25, 0.3) is 0 Å². The summed E-state index contributed by atoms with van der Waals surface area (Å²) in [5.74, 6) is -0.171. The zero-order valence-electron chi connectivity index (χ0n) is 24.1. The molecular weight excluding hydrogens is 596 g/mol. The average molecular weight is 625 g/mol. The molecule has 44 heavy (non-hydrogen) atoms. The number of aryl methyl sites for hydroxylation is 1. The van der Waals surface area contributed by atoms with Gasteiger partial charge in [0.1, 0.15) is 17.9 Å². The molecule has 1 atom stereocenters. The smallest absolute Gasteiger partial charge is 0.406 e. The molecule has 0 fully saturated rings. The summed E-state index contributed by atoms with van der Waals surface area (Å²) >= 11 is 1.32. The number of aromatic nitrogens is 4. The molecule has 0 aliphatic carbocycles. The van der Waals surface area contributed by atoms with Gasteiger partial charge >= 0.3 is 12.4 Å². The van der Waals surface area contributed by atoms with E-state index in [1.54, 1.807) is 6.07 Å². The summed E-state index contributed by atoms with van der Waals surface area (Å²) in [6, 6.07) is 16.3. The van der Waals surface area contributed by atoms with Crippen LogP contribution in [0.3, 0.4) is 0 Å². The molecule has 0 radical (unpaired) electrons. The number of urea groups is 1. The van der Waals surface area contributed by atoms with Gasteiger partial charge in [0, 0.05) is 16.6 Å². The molecule has 1 N–H and O–H groups in total. The lowest BCUT2D eigenvalue weighted by molar-refractivity contribution is -0.274. The number of amides is 2. The van der Waals surface area contributed by atoms with E-state index >= 15 is 0 Å². The van der Waals surface area contributed by atoms with Crippen LogP contribution in [0, 0.1) is 12.7 Å². The van der Waals surface area contributed by atoms with Crippen LogP contribution in [-0.4, -0.2) is 31.7 Å². The van der Waals surface area contributed by atoms with Gasteiger partial charge in [0.05, 0.1) is 17.4 Å². The summed E-state index contributed by atoms with van der Waals surface area (Å²) in [5, 5.41) is 9.21. The van der Waals surface area contributed by atoms with E-state index in [2.05, 4.69) is 25.1 Å². The molecule has 2 heterocycles. The zero-order valence-corrected chi connectivity index (χ0v) is 24.9. The maximum absolute atomic E-state index is 14.0. The zero-order chi connectivity index (χ0) is 31.6. The van der Waals surface area contributed by atoms with E-state index in [9.17, 15) is 22.4 Å². The number of nitrogens with one attached hydrogen (secondary N) is 1. The molecule has 3 aromatic carbocycles. The number of rotatable bonds is 7. The Morgan fingerprint density at radius 3 is 2.39 bits per heavy atom. The molecule has 0 saturated heterocycles. The van der Waals surface area contributed by atoms with Gasteiger partial charge < -0.3 is 10.1 Å². The third kappa shape index (κ3) is 7.05. The fraction of sp³-hybridized carbons (Fsp3) is 0.226. The summed E-state index contributed by atoms with van der Waals surface area (Å²) < 4.78 is 58.4. The minimum absolute atomic E-state index is 0.0643. The SMILES string of the molecule is Cc1csc(=NC(=O)NC(C)c2ccc(-c3ncn(-c4ccc(OC(F)(F)F)cc4)n3)cc2)n1-c1ccc(F)cc1C(C)C. The molecule has 5 rings (SSSR count). The molecule has 13 heteroatoms.